The fourth-order valence-corrected chi connectivity index (χ4v) is 2.32. The first-order valence-electron chi connectivity index (χ1n) is 3.96. The molecule has 1 rings (SSSR count). The number of benzene rings is 1. The average Bonchev–Trinajstić information content (AvgIpc) is 2.14. The van der Waals surface area contributed by atoms with E-state index in [1.54, 1.807) is 0 Å². The van der Waals surface area contributed by atoms with Crippen LogP contribution in [0, 0.1) is 0 Å². The molecule has 0 spiro atoms. The van der Waals surface area contributed by atoms with E-state index in [0.717, 1.165) is 0 Å². The Labute approximate surface area is 105 Å². The minimum absolute atomic E-state index is 0.0625. The summed E-state index contributed by atoms with van der Waals surface area (Å²) in [6.07, 6.45) is 0. The van der Waals surface area contributed by atoms with Gasteiger partial charge < -0.3 is 10.5 Å². The monoisotopic (exact) mass is 327 g/mol. The van der Waals surface area contributed by atoms with Gasteiger partial charge in [-0.3, -0.25) is 4.79 Å². The maximum absolute atomic E-state index is 11.0. The van der Waals surface area contributed by atoms with Crippen molar-refractivity contribution >= 4 is 41.6 Å². The third-order valence-corrected chi connectivity index (χ3v) is 3.53. The molecular formula is C8H7BrClNO4S. The molecule has 0 aliphatic carbocycles. The molecule has 0 unspecified atom stereocenters. The lowest BCUT2D eigenvalue weighted by Crippen LogP contribution is -2.20. The van der Waals surface area contributed by atoms with E-state index in [1.807, 2.05) is 0 Å². The summed E-state index contributed by atoms with van der Waals surface area (Å²) < 4.78 is 27.4. The summed E-state index contributed by atoms with van der Waals surface area (Å²) in [7, 11) is 1.37. The molecule has 1 aromatic carbocycles. The summed E-state index contributed by atoms with van der Waals surface area (Å²) in [5.74, 6) is -0.316. The number of hydrogen-bond acceptors (Lipinski definition) is 4. The first kappa shape index (κ1) is 13.3. The van der Waals surface area contributed by atoms with Crippen LogP contribution < -0.4 is 10.5 Å². The Kier molecular flexibility index (Phi) is 4.17. The fourth-order valence-electron chi connectivity index (χ4n) is 0.899. The highest BCUT2D eigenvalue weighted by Crippen LogP contribution is 2.28. The molecule has 8 heteroatoms. The van der Waals surface area contributed by atoms with Crippen molar-refractivity contribution in [3.05, 3.63) is 22.7 Å². The lowest BCUT2D eigenvalue weighted by atomic mass is 10.3. The van der Waals surface area contributed by atoms with Gasteiger partial charge in [0.25, 0.3) is 15.0 Å². The third-order valence-electron chi connectivity index (χ3n) is 1.55. The van der Waals surface area contributed by atoms with Gasteiger partial charge in [-0.15, -0.1) is 0 Å². The van der Waals surface area contributed by atoms with Gasteiger partial charge >= 0.3 is 0 Å². The van der Waals surface area contributed by atoms with Gasteiger partial charge in [0, 0.05) is 10.7 Å². The molecule has 0 bridgehead atoms. The minimum Gasteiger partial charge on any atom is -0.483 e. The van der Waals surface area contributed by atoms with Crippen LogP contribution in [-0.4, -0.2) is 20.9 Å². The van der Waals surface area contributed by atoms with Crippen molar-refractivity contribution in [2.24, 2.45) is 5.73 Å². The molecule has 0 saturated carbocycles. The Bertz CT molecular complexity index is 517. The van der Waals surface area contributed by atoms with E-state index in [2.05, 4.69) is 15.9 Å². The van der Waals surface area contributed by atoms with Gasteiger partial charge in [-0.2, -0.15) is 0 Å². The normalized spacial score (nSPS) is 11.1. The quantitative estimate of drug-likeness (QED) is 0.843. The Morgan fingerprint density at radius 1 is 1.50 bits per heavy atom. The van der Waals surface area contributed by atoms with Crippen LogP contribution in [0.2, 0.25) is 0 Å². The molecular weight excluding hydrogens is 322 g/mol. The number of ether oxygens (including phenoxy) is 1. The number of primary amides is 1. The number of carbonyl (C=O) groups excluding carboxylic acids is 1. The minimum atomic E-state index is -3.78. The molecule has 88 valence electrons. The maximum atomic E-state index is 11.0. The SMILES string of the molecule is NC(=O)COc1ccc(S(=O)(=O)Cl)cc1Br. The van der Waals surface area contributed by atoms with Gasteiger partial charge in [-0.1, -0.05) is 0 Å². The first-order valence-corrected chi connectivity index (χ1v) is 7.06. The first-order chi connectivity index (χ1) is 7.30. The second-order valence-corrected chi connectivity index (χ2v) is 6.21. The number of nitrogens with two attached hydrogens (primary N) is 1. The Hall–Kier alpha value is -0.790. The van der Waals surface area contributed by atoms with E-state index in [-0.39, 0.29) is 11.5 Å². The van der Waals surface area contributed by atoms with Crippen molar-refractivity contribution in [2.45, 2.75) is 4.90 Å². The van der Waals surface area contributed by atoms with Crippen LogP contribution in [0.4, 0.5) is 0 Å². The lowest BCUT2D eigenvalue weighted by molar-refractivity contribution is -0.119. The molecule has 5 nitrogen and oxygen atoms in total. The highest BCUT2D eigenvalue weighted by atomic mass is 79.9. The molecule has 0 heterocycles. The summed E-state index contributed by atoms with van der Waals surface area (Å²) in [4.78, 5) is 10.4. The van der Waals surface area contributed by atoms with Gasteiger partial charge in [0.1, 0.15) is 5.75 Å². The van der Waals surface area contributed by atoms with Crippen LogP contribution in [-0.2, 0) is 13.8 Å². The predicted molar refractivity (Wildman–Crippen MR) is 61.9 cm³/mol. The topological polar surface area (TPSA) is 86.5 Å². The average molecular weight is 329 g/mol. The standard InChI is InChI=1S/C8H7BrClNO4S/c9-6-3-5(16(10,13)14)1-2-7(6)15-4-8(11)12/h1-3H,4H2,(H2,11,12). The maximum Gasteiger partial charge on any atom is 0.261 e. The second kappa shape index (κ2) is 5.03. The van der Waals surface area contributed by atoms with Crippen LogP contribution in [0.25, 0.3) is 0 Å². The van der Waals surface area contributed by atoms with Crippen molar-refractivity contribution < 1.29 is 17.9 Å². The van der Waals surface area contributed by atoms with Gasteiger partial charge in [-0.25, -0.2) is 8.42 Å². The van der Waals surface area contributed by atoms with E-state index in [4.69, 9.17) is 21.2 Å². The van der Waals surface area contributed by atoms with E-state index < -0.39 is 15.0 Å². The number of halogens is 2. The molecule has 0 saturated heterocycles. The third kappa shape index (κ3) is 3.66. The van der Waals surface area contributed by atoms with Gasteiger partial charge in [0.2, 0.25) is 0 Å². The van der Waals surface area contributed by atoms with Gasteiger partial charge in [0.15, 0.2) is 6.61 Å². The molecule has 0 radical (unpaired) electrons. The zero-order valence-electron chi connectivity index (χ0n) is 7.81. The highest BCUT2D eigenvalue weighted by molar-refractivity contribution is 9.10. The molecule has 1 aromatic rings. The summed E-state index contributed by atoms with van der Waals surface area (Å²) in [6, 6.07) is 3.92. The predicted octanol–water partition coefficient (Wildman–Crippen LogP) is 1.24. The molecule has 0 aliphatic heterocycles. The van der Waals surface area contributed by atoms with Crippen LogP contribution in [0.5, 0.6) is 5.75 Å². The fraction of sp³-hybridized carbons (Fsp3) is 0.125. The Morgan fingerprint density at radius 3 is 2.56 bits per heavy atom. The highest BCUT2D eigenvalue weighted by Gasteiger charge is 2.12. The summed E-state index contributed by atoms with van der Waals surface area (Å²) in [6.45, 7) is -0.286. The van der Waals surface area contributed by atoms with Gasteiger partial charge in [-0.05, 0) is 34.1 Å². The largest absolute Gasteiger partial charge is 0.483 e. The molecule has 0 aliphatic rings. The Morgan fingerprint density at radius 2 is 2.12 bits per heavy atom. The molecule has 0 aromatic heterocycles. The van der Waals surface area contributed by atoms with E-state index in [0.29, 0.717) is 10.2 Å². The van der Waals surface area contributed by atoms with E-state index >= 15 is 0 Å². The number of carbonyl (C=O) groups is 1. The van der Waals surface area contributed by atoms with Crippen molar-refractivity contribution in [2.75, 3.05) is 6.61 Å². The van der Waals surface area contributed by atoms with Crippen LogP contribution in [0.15, 0.2) is 27.6 Å². The molecule has 1 amide bonds. The van der Waals surface area contributed by atoms with Crippen molar-refractivity contribution in [3.63, 3.8) is 0 Å². The second-order valence-electron chi connectivity index (χ2n) is 2.79. The molecule has 16 heavy (non-hydrogen) atoms. The van der Waals surface area contributed by atoms with Crippen LogP contribution >= 0.6 is 26.6 Å². The summed E-state index contributed by atoms with van der Waals surface area (Å²) in [5, 5.41) is 0. The summed E-state index contributed by atoms with van der Waals surface area (Å²) >= 11 is 3.09. The number of rotatable bonds is 4. The van der Waals surface area contributed by atoms with Crippen molar-refractivity contribution in [1.82, 2.24) is 0 Å². The number of amides is 1. The zero-order chi connectivity index (χ0) is 12.3. The zero-order valence-corrected chi connectivity index (χ0v) is 11.0. The molecule has 0 atom stereocenters. The van der Waals surface area contributed by atoms with E-state index in [1.165, 1.54) is 18.2 Å². The molecule has 0 fully saturated rings. The van der Waals surface area contributed by atoms with E-state index in [9.17, 15) is 13.2 Å². The van der Waals surface area contributed by atoms with Crippen LogP contribution in [0.1, 0.15) is 0 Å². The number of hydrogen-bond donors (Lipinski definition) is 1. The molecule has 2 N–H and O–H groups in total. The lowest BCUT2D eigenvalue weighted by Gasteiger charge is -2.06. The van der Waals surface area contributed by atoms with Crippen molar-refractivity contribution in [3.8, 4) is 5.75 Å². The Balaban J connectivity index is 2.96. The van der Waals surface area contributed by atoms with Crippen molar-refractivity contribution in [1.29, 1.82) is 0 Å². The summed E-state index contributed by atoms with van der Waals surface area (Å²) in [5.41, 5.74) is 4.89. The van der Waals surface area contributed by atoms with Crippen LogP contribution in [0.3, 0.4) is 0 Å². The smallest absolute Gasteiger partial charge is 0.261 e. The van der Waals surface area contributed by atoms with Gasteiger partial charge in [0.05, 0.1) is 9.37 Å².